The van der Waals surface area contributed by atoms with Crippen molar-refractivity contribution in [1.82, 2.24) is 0 Å². The number of aryl methyl sites for hydroxylation is 2. The van der Waals surface area contributed by atoms with Crippen molar-refractivity contribution >= 4 is 16.8 Å². The van der Waals surface area contributed by atoms with Crippen LogP contribution in [0.5, 0.6) is 0 Å². The minimum absolute atomic E-state index is 1.01. The zero-order chi connectivity index (χ0) is 14.9. The van der Waals surface area contributed by atoms with Crippen molar-refractivity contribution < 1.29 is 0 Å². The standard InChI is InChI=1S/C22H20/c1-16-6-9-22-15-18(8-11-21(22)12-16)13-17-7-10-19-4-2-3-5-20(19)14-17/h2,4,6-12,14-15H,3,5,13H2,1H3. The van der Waals surface area contributed by atoms with Crippen LogP contribution in [-0.2, 0) is 12.8 Å². The average molecular weight is 284 g/mol. The monoisotopic (exact) mass is 284 g/mol. The maximum absolute atomic E-state index is 2.39. The number of hydrogen-bond acceptors (Lipinski definition) is 0. The predicted molar refractivity (Wildman–Crippen MR) is 95.3 cm³/mol. The first-order chi connectivity index (χ1) is 10.8. The first-order valence-corrected chi connectivity index (χ1v) is 8.06. The number of rotatable bonds is 2. The molecule has 3 aromatic rings. The lowest BCUT2D eigenvalue weighted by Gasteiger charge is -2.12. The molecule has 0 amide bonds. The summed E-state index contributed by atoms with van der Waals surface area (Å²) in [5.74, 6) is 0. The molecule has 108 valence electrons. The third-order valence-electron chi connectivity index (χ3n) is 4.55. The Balaban J connectivity index is 1.65. The molecule has 1 aliphatic rings. The van der Waals surface area contributed by atoms with E-state index in [2.05, 4.69) is 73.7 Å². The second-order valence-electron chi connectivity index (χ2n) is 6.34. The molecule has 0 radical (unpaired) electrons. The Hall–Kier alpha value is -2.34. The van der Waals surface area contributed by atoms with Crippen LogP contribution in [0.25, 0.3) is 16.8 Å². The van der Waals surface area contributed by atoms with Gasteiger partial charge in [-0.15, -0.1) is 0 Å². The summed E-state index contributed by atoms with van der Waals surface area (Å²) in [5.41, 5.74) is 7.02. The van der Waals surface area contributed by atoms with Crippen LogP contribution in [0.2, 0.25) is 0 Å². The minimum atomic E-state index is 1.01. The summed E-state index contributed by atoms with van der Waals surface area (Å²) >= 11 is 0. The number of allylic oxidation sites excluding steroid dienone is 1. The molecule has 0 heterocycles. The molecule has 0 N–H and O–H groups in total. The van der Waals surface area contributed by atoms with Crippen molar-refractivity contribution in [2.75, 3.05) is 0 Å². The quantitative estimate of drug-likeness (QED) is 0.566. The maximum Gasteiger partial charge on any atom is -0.00254 e. The van der Waals surface area contributed by atoms with Gasteiger partial charge in [0.25, 0.3) is 0 Å². The van der Waals surface area contributed by atoms with E-state index in [1.807, 2.05) is 0 Å². The number of hydrogen-bond donors (Lipinski definition) is 0. The van der Waals surface area contributed by atoms with E-state index in [0.29, 0.717) is 0 Å². The topological polar surface area (TPSA) is 0 Å². The van der Waals surface area contributed by atoms with Crippen LogP contribution in [-0.4, -0.2) is 0 Å². The molecule has 0 bridgehead atoms. The Labute approximate surface area is 132 Å². The molecule has 0 heteroatoms. The van der Waals surface area contributed by atoms with Crippen molar-refractivity contribution in [3.63, 3.8) is 0 Å². The van der Waals surface area contributed by atoms with Gasteiger partial charge in [-0.1, -0.05) is 72.3 Å². The Morgan fingerprint density at radius 1 is 0.818 bits per heavy atom. The van der Waals surface area contributed by atoms with Crippen LogP contribution < -0.4 is 0 Å². The third kappa shape index (κ3) is 2.57. The Bertz CT molecular complexity index is 868. The third-order valence-corrected chi connectivity index (χ3v) is 4.55. The summed E-state index contributed by atoms with van der Waals surface area (Å²) in [4.78, 5) is 0. The van der Waals surface area contributed by atoms with Gasteiger partial charge in [-0.05, 0) is 59.2 Å². The number of fused-ring (bicyclic) bond motifs is 2. The van der Waals surface area contributed by atoms with Gasteiger partial charge in [0, 0.05) is 0 Å². The fourth-order valence-corrected chi connectivity index (χ4v) is 3.36. The average Bonchev–Trinajstić information content (AvgIpc) is 2.55. The lowest BCUT2D eigenvalue weighted by Crippen LogP contribution is -1.97. The van der Waals surface area contributed by atoms with Crippen LogP contribution in [0.4, 0.5) is 0 Å². The summed E-state index contributed by atoms with van der Waals surface area (Å²) in [6.45, 7) is 2.15. The van der Waals surface area contributed by atoms with Gasteiger partial charge >= 0.3 is 0 Å². The molecule has 0 aromatic heterocycles. The van der Waals surface area contributed by atoms with E-state index in [1.54, 1.807) is 0 Å². The Morgan fingerprint density at radius 3 is 2.55 bits per heavy atom. The largest absolute Gasteiger partial charge is 0.0836 e. The molecule has 0 aliphatic heterocycles. The van der Waals surface area contributed by atoms with Crippen LogP contribution in [0.15, 0.2) is 60.7 Å². The van der Waals surface area contributed by atoms with Crippen molar-refractivity contribution in [3.8, 4) is 0 Å². The predicted octanol–water partition coefficient (Wildman–Crippen LogP) is 5.70. The second kappa shape index (κ2) is 5.46. The number of benzene rings is 3. The van der Waals surface area contributed by atoms with Crippen LogP contribution in [0.1, 0.15) is 34.2 Å². The fraction of sp³-hybridized carbons (Fsp3) is 0.182. The first-order valence-electron chi connectivity index (χ1n) is 8.06. The van der Waals surface area contributed by atoms with E-state index in [4.69, 9.17) is 0 Å². The SMILES string of the molecule is Cc1ccc2cc(Cc3ccc4c(c3)CCC=C4)ccc2c1. The zero-order valence-corrected chi connectivity index (χ0v) is 13.0. The van der Waals surface area contributed by atoms with Crippen molar-refractivity contribution in [2.24, 2.45) is 0 Å². The Morgan fingerprint density at radius 2 is 1.59 bits per heavy atom. The molecule has 0 nitrogen and oxygen atoms in total. The summed E-state index contributed by atoms with van der Waals surface area (Å²) in [6, 6.07) is 20.4. The van der Waals surface area contributed by atoms with Crippen molar-refractivity contribution in [3.05, 3.63) is 88.5 Å². The fourth-order valence-electron chi connectivity index (χ4n) is 3.36. The normalized spacial score (nSPS) is 13.3. The minimum Gasteiger partial charge on any atom is -0.0836 e. The molecule has 4 rings (SSSR count). The molecule has 0 fully saturated rings. The highest BCUT2D eigenvalue weighted by molar-refractivity contribution is 5.83. The zero-order valence-electron chi connectivity index (χ0n) is 13.0. The van der Waals surface area contributed by atoms with E-state index in [0.717, 1.165) is 6.42 Å². The van der Waals surface area contributed by atoms with Gasteiger partial charge in [0.1, 0.15) is 0 Å². The molecular weight excluding hydrogens is 264 g/mol. The molecule has 22 heavy (non-hydrogen) atoms. The van der Waals surface area contributed by atoms with Gasteiger partial charge in [0.05, 0.1) is 0 Å². The summed E-state index contributed by atoms with van der Waals surface area (Å²) in [5, 5.41) is 2.67. The van der Waals surface area contributed by atoms with Crippen molar-refractivity contribution in [1.29, 1.82) is 0 Å². The van der Waals surface area contributed by atoms with E-state index in [9.17, 15) is 0 Å². The molecule has 0 saturated carbocycles. The van der Waals surface area contributed by atoms with Gasteiger partial charge in [0.15, 0.2) is 0 Å². The van der Waals surface area contributed by atoms with Gasteiger partial charge in [-0.25, -0.2) is 0 Å². The van der Waals surface area contributed by atoms with Gasteiger partial charge in [-0.2, -0.15) is 0 Å². The van der Waals surface area contributed by atoms with E-state index >= 15 is 0 Å². The molecule has 1 aliphatic carbocycles. The second-order valence-corrected chi connectivity index (χ2v) is 6.34. The van der Waals surface area contributed by atoms with Crippen LogP contribution in [0.3, 0.4) is 0 Å². The molecule has 0 spiro atoms. The molecule has 0 saturated heterocycles. The van der Waals surface area contributed by atoms with E-state index in [1.165, 1.54) is 51.4 Å². The molecular formula is C22H20. The molecule has 3 aromatic carbocycles. The Kier molecular flexibility index (Phi) is 3.31. The maximum atomic E-state index is 2.39. The van der Waals surface area contributed by atoms with Gasteiger partial charge in [-0.3, -0.25) is 0 Å². The van der Waals surface area contributed by atoms with Crippen LogP contribution in [0, 0.1) is 6.92 Å². The van der Waals surface area contributed by atoms with Gasteiger partial charge in [0.2, 0.25) is 0 Å². The van der Waals surface area contributed by atoms with Crippen LogP contribution >= 0.6 is 0 Å². The molecule has 0 unspecified atom stereocenters. The van der Waals surface area contributed by atoms with E-state index < -0.39 is 0 Å². The van der Waals surface area contributed by atoms with Crippen molar-refractivity contribution in [2.45, 2.75) is 26.2 Å². The lowest BCUT2D eigenvalue weighted by atomic mass is 9.93. The lowest BCUT2D eigenvalue weighted by molar-refractivity contribution is 0.978. The summed E-state index contributed by atoms with van der Waals surface area (Å²) in [6.07, 6.45) is 7.89. The van der Waals surface area contributed by atoms with E-state index in [-0.39, 0.29) is 0 Å². The highest BCUT2D eigenvalue weighted by Gasteiger charge is 2.06. The molecule has 0 atom stereocenters. The first kappa shape index (κ1) is 13.3. The highest BCUT2D eigenvalue weighted by Crippen LogP contribution is 2.23. The smallest absolute Gasteiger partial charge is 0.00254 e. The summed E-state index contributed by atoms with van der Waals surface area (Å²) in [7, 11) is 0. The van der Waals surface area contributed by atoms with Gasteiger partial charge < -0.3 is 0 Å². The summed E-state index contributed by atoms with van der Waals surface area (Å²) < 4.78 is 0. The highest BCUT2D eigenvalue weighted by atomic mass is 14.1.